The second kappa shape index (κ2) is 10.1. The van der Waals surface area contributed by atoms with Crippen molar-refractivity contribution in [2.45, 2.75) is 44.7 Å². The van der Waals surface area contributed by atoms with Crippen LogP contribution in [0.1, 0.15) is 31.7 Å². The van der Waals surface area contributed by atoms with E-state index >= 15 is 0 Å². The van der Waals surface area contributed by atoms with Crippen LogP contribution in [0, 0.1) is 12.3 Å². The molecular weight excluding hydrogens is 308 g/mol. The number of benzene rings is 1. The summed E-state index contributed by atoms with van der Waals surface area (Å²) in [7, 11) is 0. The predicted molar refractivity (Wildman–Crippen MR) is 90.0 cm³/mol. The van der Waals surface area contributed by atoms with Gasteiger partial charge in [0, 0.05) is 19.8 Å². The van der Waals surface area contributed by atoms with Gasteiger partial charge in [-0.25, -0.2) is 4.79 Å². The number of hydrogen-bond donors (Lipinski definition) is 3. The van der Waals surface area contributed by atoms with E-state index in [9.17, 15) is 19.5 Å². The van der Waals surface area contributed by atoms with E-state index in [1.54, 1.807) is 0 Å². The first-order chi connectivity index (χ1) is 11.4. The first kappa shape index (κ1) is 19.2. The van der Waals surface area contributed by atoms with Crippen LogP contribution in [0.3, 0.4) is 0 Å². The van der Waals surface area contributed by atoms with Crippen molar-refractivity contribution in [1.29, 1.82) is 0 Å². The lowest BCUT2D eigenvalue weighted by Gasteiger charge is -2.21. The largest absolute Gasteiger partial charge is 0.480 e. The zero-order chi connectivity index (χ0) is 17.9. The summed E-state index contributed by atoms with van der Waals surface area (Å²) in [5.74, 6) is 0.429. The van der Waals surface area contributed by atoms with Crippen molar-refractivity contribution in [3.63, 3.8) is 0 Å². The molecule has 0 fully saturated rings. The molecule has 0 heterocycles. The van der Waals surface area contributed by atoms with E-state index in [0.717, 1.165) is 5.56 Å². The third kappa shape index (κ3) is 6.97. The van der Waals surface area contributed by atoms with Gasteiger partial charge >= 0.3 is 5.97 Å². The number of carboxylic acids is 1. The number of amides is 2. The molecular formula is C18H22N2O4. The Labute approximate surface area is 141 Å². The lowest BCUT2D eigenvalue weighted by Crippen LogP contribution is -2.52. The van der Waals surface area contributed by atoms with E-state index in [4.69, 9.17) is 6.42 Å². The second-order valence-corrected chi connectivity index (χ2v) is 5.44. The Hall–Kier alpha value is -2.81. The van der Waals surface area contributed by atoms with Crippen LogP contribution in [0.2, 0.25) is 0 Å². The predicted octanol–water partition coefficient (Wildman–Crippen LogP) is 1.11. The molecule has 2 amide bonds. The van der Waals surface area contributed by atoms with Crippen LogP contribution in [-0.4, -0.2) is 35.0 Å². The highest BCUT2D eigenvalue weighted by atomic mass is 16.4. The van der Waals surface area contributed by atoms with Crippen LogP contribution in [-0.2, 0) is 20.8 Å². The standard InChI is InChI=1S/C18H22N2O4/c1-3-4-6-11-15(18(23)24)20-17(22)16(19-13(2)21)12-14-9-7-5-8-10-14/h1,5,7-10,15-16H,4,6,11-12H2,2H3,(H,19,21)(H,20,22)(H,23,24)/t15-,16+/m1/s1. The Morgan fingerprint density at radius 2 is 1.83 bits per heavy atom. The molecule has 3 N–H and O–H groups in total. The Kier molecular flexibility index (Phi) is 8.06. The molecule has 0 aromatic heterocycles. The van der Waals surface area contributed by atoms with Gasteiger partial charge in [-0.15, -0.1) is 12.3 Å². The molecule has 0 aliphatic heterocycles. The number of nitrogens with one attached hydrogen (secondary N) is 2. The summed E-state index contributed by atoms with van der Waals surface area (Å²) < 4.78 is 0. The summed E-state index contributed by atoms with van der Waals surface area (Å²) in [6.45, 7) is 1.31. The van der Waals surface area contributed by atoms with Crippen molar-refractivity contribution in [2.24, 2.45) is 0 Å². The summed E-state index contributed by atoms with van der Waals surface area (Å²) in [6, 6.07) is 7.32. The Bertz CT molecular complexity index is 607. The third-order valence-electron chi connectivity index (χ3n) is 3.41. The van der Waals surface area contributed by atoms with Crippen molar-refractivity contribution in [1.82, 2.24) is 10.6 Å². The van der Waals surface area contributed by atoms with Crippen LogP contribution in [0.15, 0.2) is 30.3 Å². The van der Waals surface area contributed by atoms with Gasteiger partial charge < -0.3 is 15.7 Å². The minimum Gasteiger partial charge on any atom is -0.480 e. The highest BCUT2D eigenvalue weighted by Gasteiger charge is 2.25. The number of rotatable bonds is 9. The molecule has 0 bridgehead atoms. The van der Waals surface area contributed by atoms with E-state index in [1.165, 1.54) is 6.92 Å². The fourth-order valence-corrected chi connectivity index (χ4v) is 2.24. The van der Waals surface area contributed by atoms with Gasteiger partial charge in [0.2, 0.25) is 11.8 Å². The topological polar surface area (TPSA) is 95.5 Å². The smallest absolute Gasteiger partial charge is 0.326 e. The monoisotopic (exact) mass is 330 g/mol. The van der Waals surface area contributed by atoms with E-state index in [1.807, 2.05) is 30.3 Å². The molecule has 24 heavy (non-hydrogen) atoms. The molecule has 6 heteroatoms. The lowest BCUT2D eigenvalue weighted by molar-refractivity contribution is -0.142. The molecule has 0 aliphatic carbocycles. The fraction of sp³-hybridized carbons (Fsp3) is 0.389. The van der Waals surface area contributed by atoms with Crippen molar-refractivity contribution in [2.75, 3.05) is 0 Å². The Balaban J connectivity index is 2.76. The van der Waals surface area contributed by atoms with Gasteiger partial charge in [0.25, 0.3) is 0 Å². The van der Waals surface area contributed by atoms with Crippen LogP contribution < -0.4 is 10.6 Å². The van der Waals surface area contributed by atoms with Crippen LogP contribution in [0.25, 0.3) is 0 Å². The molecule has 2 atom stereocenters. The van der Waals surface area contributed by atoms with Gasteiger partial charge in [-0.2, -0.15) is 0 Å². The average Bonchev–Trinajstić information content (AvgIpc) is 2.53. The number of unbranched alkanes of at least 4 members (excludes halogenated alkanes) is 1. The number of hydrogen-bond acceptors (Lipinski definition) is 3. The quantitative estimate of drug-likeness (QED) is 0.467. The maximum atomic E-state index is 12.4. The van der Waals surface area contributed by atoms with Gasteiger partial charge in [-0.05, 0) is 18.4 Å². The first-order valence-corrected chi connectivity index (χ1v) is 7.71. The number of carbonyl (C=O) groups is 3. The van der Waals surface area contributed by atoms with Crippen LogP contribution in [0.4, 0.5) is 0 Å². The highest BCUT2D eigenvalue weighted by Crippen LogP contribution is 2.06. The van der Waals surface area contributed by atoms with Crippen molar-refractivity contribution in [3.05, 3.63) is 35.9 Å². The highest BCUT2D eigenvalue weighted by molar-refractivity contribution is 5.90. The molecule has 0 saturated heterocycles. The summed E-state index contributed by atoms with van der Waals surface area (Å²) in [4.78, 5) is 35.0. The fourth-order valence-electron chi connectivity index (χ4n) is 2.24. The second-order valence-electron chi connectivity index (χ2n) is 5.44. The van der Waals surface area contributed by atoms with Crippen LogP contribution in [0.5, 0.6) is 0 Å². The Morgan fingerprint density at radius 3 is 2.38 bits per heavy atom. The van der Waals surface area contributed by atoms with Gasteiger partial charge in [0.05, 0.1) is 0 Å². The number of terminal acetylenes is 1. The van der Waals surface area contributed by atoms with Gasteiger partial charge in [0.15, 0.2) is 0 Å². The van der Waals surface area contributed by atoms with E-state index < -0.39 is 24.0 Å². The van der Waals surface area contributed by atoms with E-state index in [0.29, 0.717) is 12.8 Å². The molecule has 1 aromatic rings. The number of carbonyl (C=O) groups excluding carboxylic acids is 2. The molecule has 1 rings (SSSR count). The lowest BCUT2D eigenvalue weighted by atomic mass is 10.0. The molecule has 0 aliphatic rings. The number of carboxylic acid groups (broad SMARTS) is 1. The molecule has 0 unspecified atom stereocenters. The molecule has 6 nitrogen and oxygen atoms in total. The number of aliphatic carboxylic acids is 1. The zero-order valence-corrected chi connectivity index (χ0v) is 13.6. The molecule has 1 aromatic carbocycles. The van der Waals surface area contributed by atoms with Crippen molar-refractivity contribution < 1.29 is 19.5 Å². The summed E-state index contributed by atoms with van der Waals surface area (Å²) in [5, 5.41) is 14.3. The molecule has 0 radical (unpaired) electrons. The van der Waals surface area contributed by atoms with E-state index in [2.05, 4.69) is 16.6 Å². The maximum Gasteiger partial charge on any atom is 0.326 e. The maximum absolute atomic E-state index is 12.4. The normalized spacial score (nSPS) is 12.5. The van der Waals surface area contributed by atoms with Crippen molar-refractivity contribution in [3.8, 4) is 12.3 Å². The molecule has 0 saturated carbocycles. The summed E-state index contributed by atoms with van der Waals surface area (Å²) in [6.07, 6.45) is 6.61. The van der Waals surface area contributed by atoms with Gasteiger partial charge in [0.1, 0.15) is 12.1 Å². The Morgan fingerprint density at radius 1 is 1.17 bits per heavy atom. The van der Waals surface area contributed by atoms with Crippen molar-refractivity contribution >= 4 is 17.8 Å². The summed E-state index contributed by atoms with van der Waals surface area (Å²) in [5.41, 5.74) is 0.866. The van der Waals surface area contributed by atoms with Gasteiger partial charge in [-0.1, -0.05) is 30.3 Å². The zero-order valence-electron chi connectivity index (χ0n) is 13.6. The first-order valence-electron chi connectivity index (χ1n) is 7.71. The minimum atomic E-state index is -1.12. The van der Waals surface area contributed by atoms with E-state index in [-0.39, 0.29) is 18.7 Å². The third-order valence-corrected chi connectivity index (χ3v) is 3.41. The summed E-state index contributed by atoms with van der Waals surface area (Å²) >= 11 is 0. The molecule has 0 spiro atoms. The minimum absolute atomic E-state index is 0.239. The van der Waals surface area contributed by atoms with Crippen LogP contribution >= 0.6 is 0 Å². The average molecular weight is 330 g/mol. The SMILES string of the molecule is C#CCCC[C@@H](NC(=O)[C@H](Cc1ccccc1)NC(C)=O)C(=O)O. The van der Waals surface area contributed by atoms with Gasteiger partial charge in [-0.3, -0.25) is 9.59 Å². The molecule has 128 valence electrons.